The van der Waals surface area contributed by atoms with Gasteiger partial charge in [-0.25, -0.2) is 4.98 Å². The van der Waals surface area contributed by atoms with Crippen LogP contribution in [-0.2, 0) is 9.53 Å². The topological polar surface area (TPSA) is 103 Å². The summed E-state index contributed by atoms with van der Waals surface area (Å²) in [5, 5.41) is 0.732. The third-order valence-electron chi connectivity index (χ3n) is 5.66. The van der Waals surface area contributed by atoms with Crippen molar-refractivity contribution in [3.63, 3.8) is 0 Å². The van der Waals surface area contributed by atoms with E-state index in [9.17, 15) is 4.79 Å². The highest BCUT2D eigenvalue weighted by molar-refractivity contribution is 5.94. The van der Waals surface area contributed by atoms with Crippen molar-refractivity contribution in [1.29, 1.82) is 0 Å². The van der Waals surface area contributed by atoms with Gasteiger partial charge in [0.05, 0.1) is 19.7 Å². The molecule has 2 aromatic rings. The van der Waals surface area contributed by atoms with Crippen molar-refractivity contribution in [2.45, 2.75) is 25.9 Å². The molecule has 2 aliphatic rings. The molecule has 0 aliphatic carbocycles. The third kappa shape index (κ3) is 3.50. The van der Waals surface area contributed by atoms with E-state index in [1.54, 1.807) is 20.3 Å². The molecule has 2 saturated heterocycles. The Kier molecular flexibility index (Phi) is 5.31. The summed E-state index contributed by atoms with van der Waals surface area (Å²) in [6, 6.07) is 1.80. The van der Waals surface area contributed by atoms with Crippen molar-refractivity contribution in [2.24, 2.45) is 0 Å². The van der Waals surface area contributed by atoms with Crippen molar-refractivity contribution in [3.05, 3.63) is 11.6 Å². The number of piperazine rings is 1. The molecule has 0 bridgehead atoms. The van der Waals surface area contributed by atoms with E-state index in [1.807, 2.05) is 11.8 Å². The van der Waals surface area contributed by atoms with Gasteiger partial charge in [-0.2, -0.15) is 4.98 Å². The SMILES string of the molecule is COc1cc2c(N)nc(N3CCN(C(=O)C4CCCO4)CC3)nc2c(C)c1OC. The largest absolute Gasteiger partial charge is 0.493 e. The fourth-order valence-corrected chi connectivity index (χ4v) is 4.04. The predicted molar refractivity (Wildman–Crippen MR) is 110 cm³/mol. The van der Waals surface area contributed by atoms with Crippen LogP contribution >= 0.6 is 0 Å². The average Bonchev–Trinajstić information content (AvgIpc) is 3.28. The van der Waals surface area contributed by atoms with Gasteiger partial charge in [-0.15, -0.1) is 0 Å². The summed E-state index contributed by atoms with van der Waals surface area (Å²) in [5.41, 5.74) is 7.84. The summed E-state index contributed by atoms with van der Waals surface area (Å²) in [6.45, 7) is 5.13. The van der Waals surface area contributed by atoms with Gasteiger partial charge in [-0.1, -0.05) is 0 Å². The second kappa shape index (κ2) is 7.90. The highest BCUT2D eigenvalue weighted by Gasteiger charge is 2.31. The van der Waals surface area contributed by atoms with Gasteiger partial charge < -0.3 is 29.7 Å². The Morgan fingerprint density at radius 3 is 2.59 bits per heavy atom. The summed E-state index contributed by atoms with van der Waals surface area (Å²) < 4.78 is 16.4. The van der Waals surface area contributed by atoms with Crippen LogP contribution in [0.5, 0.6) is 11.5 Å². The van der Waals surface area contributed by atoms with Crippen molar-refractivity contribution >= 4 is 28.6 Å². The Morgan fingerprint density at radius 1 is 1.21 bits per heavy atom. The molecular weight excluding hydrogens is 374 g/mol. The summed E-state index contributed by atoms with van der Waals surface area (Å²) in [6.07, 6.45) is 1.49. The molecule has 1 unspecified atom stereocenters. The number of aryl methyl sites for hydroxylation is 1. The lowest BCUT2D eigenvalue weighted by Crippen LogP contribution is -2.51. The maximum atomic E-state index is 12.6. The van der Waals surface area contributed by atoms with E-state index >= 15 is 0 Å². The second-order valence-corrected chi connectivity index (χ2v) is 7.36. The fraction of sp³-hybridized carbons (Fsp3) is 0.550. The zero-order valence-corrected chi connectivity index (χ0v) is 17.1. The fourth-order valence-electron chi connectivity index (χ4n) is 4.04. The summed E-state index contributed by atoms with van der Waals surface area (Å²) in [7, 11) is 3.19. The number of fused-ring (bicyclic) bond motifs is 1. The minimum Gasteiger partial charge on any atom is -0.493 e. The number of aromatic nitrogens is 2. The third-order valence-corrected chi connectivity index (χ3v) is 5.66. The maximum Gasteiger partial charge on any atom is 0.251 e. The standard InChI is InChI=1S/C20H27N5O4/c1-12-16-13(11-15(27-2)17(12)28-3)18(21)23-20(22-16)25-8-6-24(7-9-25)19(26)14-5-4-10-29-14/h11,14H,4-10H2,1-3H3,(H2,21,22,23). The monoisotopic (exact) mass is 401 g/mol. The number of ether oxygens (including phenoxy) is 3. The van der Waals surface area contributed by atoms with Gasteiger partial charge in [0.1, 0.15) is 11.9 Å². The summed E-state index contributed by atoms with van der Waals surface area (Å²) >= 11 is 0. The van der Waals surface area contributed by atoms with Crippen LogP contribution in [0, 0.1) is 6.92 Å². The number of nitrogens with zero attached hydrogens (tertiary/aromatic N) is 4. The lowest BCUT2D eigenvalue weighted by atomic mass is 10.1. The number of hydrogen-bond acceptors (Lipinski definition) is 8. The number of nitrogens with two attached hydrogens (primary N) is 1. The molecule has 0 saturated carbocycles. The number of benzene rings is 1. The number of carbonyl (C=O) groups excluding carboxylic acids is 1. The number of amides is 1. The first-order valence-electron chi connectivity index (χ1n) is 9.87. The van der Waals surface area contributed by atoms with Gasteiger partial charge >= 0.3 is 0 Å². The molecule has 0 spiro atoms. The van der Waals surface area contributed by atoms with Gasteiger partial charge in [0.25, 0.3) is 5.91 Å². The Bertz CT molecular complexity index is 921. The number of carbonyl (C=O) groups is 1. The molecule has 156 valence electrons. The molecule has 29 heavy (non-hydrogen) atoms. The van der Waals surface area contributed by atoms with E-state index < -0.39 is 0 Å². The first-order valence-corrected chi connectivity index (χ1v) is 9.87. The number of anilines is 2. The highest BCUT2D eigenvalue weighted by atomic mass is 16.5. The second-order valence-electron chi connectivity index (χ2n) is 7.36. The van der Waals surface area contributed by atoms with Crippen LogP contribution in [0.3, 0.4) is 0 Å². The van der Waals surface area contributed by atoms with Gasteiger partial charge in [0, 0.05) is 43.7 Å². The lowest BCUT2D eigenvalue weighted by Gasteiger charge is -2.35. The molecule has 1 amide bonds. The Hall–Kier alpha value is -2.81. The minimum absolute atomic E-state index is 0.0915. The molecule has 2 fully saturated rings. The first kappa shape index (κ1) is 19.5. The molecule has 4 rings (SSSR count). The van der Waals surface area contributed by atoms with Crippen LogP contribution in [0.15, 0.2) is 6.07 Å². The van der Waals surface area contributed by atoms with E-state index in [-0.39, 0.29) is 12.0 Å². The van der Waals surface area contributed by atoms with E-state index in [0.29, 0.717) is 56.1 Å². The Morgan fingerprint density at radius 2 is 1.97 bits per heavy atom. The lowest BCUT2D eigenvalue weighted by molar-refractivity contribution is -0.141. The average molecular weight is 401 g/mol. The van der Waals surface area contributed by atoms with Crippen molar-refractivity contribution in [2.75, 3.05) is 57.6 Å². The smallest absolute Gasteiger partial charge is 0.251 e. The zero-order valence-electron chi connectivity index (χ0n) is 17.1. The molecular formula is C20H27N5O4. The van der Waals surface area contributed by atoms with Gasteiger partial charge in [0.15, 0.2) is 11.5 Å². The molecule has 1 atom stereocenters. The number of rotatable bonds is 4. The van der Waals surface area contributed by atoms with Crippen LogP contribution in [0.1, 0.15) is 18.4 Å². The molecule has 2 aliphatic heterocycles. The van der Waals surface area contributed by atoms with Crippen LogP contribution in [0.2, 0.25) is 0 Å². The van der Waals surface area contributed by atoms with E-state index in [2.05, 4.69) is 9.88 Å². The van der Waals surface area contributed by atoms with Crippen LogP contribution < -0.4 is 20.1 Å². The molecule has 1 aromatic heterocycles. The number of methoxy groups -OCH3 is 2. The van der Waals surface area contributed by atoms with Gasteiger partial charge in [0.2, 0.25) is 5.95 Å². The van der Waals surface area contributed by atoms with E-state index in [0.717, 1.165) is 29.3 Å². The molecule has 2 N–H and O–H groups in total. The molecule has 9 nitrogen and oxygen atoms in total. The first-order chi connectivity index (χ1) is 14.0. The van der Waals surface area contributed by atoms with Crippen LogP contribution in [0.4, 0.5) is 11.8 Å². The van der Waals surface area contributed by atoms with E-state index in [1.165, 1.54) is 0 Å². The maximum absolute atomic E-state index is 12.6. The normalized spacial score (nSPS) is 19.6. The minimum atomic E-state index is -0.279. The van der Waals surface area contributed by atoms with Gasteiger partial charge in [-0.3, -0.25) is 4.79 Å². The number of nitrogen functional groups attached to an aromatic ring is 1. The van der Waals surface area contributed by atoms with Crippen molar-refractivity contribution in [3.8, 4) is 11.5 Å². The van der Waals surface area contributed by atoms with Crippen molar-refractivity contribution in [1.82, 2.24) is 14.9 Å². The van der Waals surface area contributed by atoms with Crippen LogP contribution in [0.25, 0.3) is 10.9 Å². The van der Waals surface area contributed by atoms with Gasteiger partial charge in [-0.05, 0) is 25.8 Å². The molecule has 3 heterocycles. The van der Waals surface area contributed by atoms with Crippen LogP contribution in [-0.4, -0.2) is 73.9 Å². The Labute approximate surface area is 169 Å². The molecule has 0 radical (unpaired) electrons. The highest BCUT2D eigenvalue weighted by Crippen LogP contribution is 2.38. The quantitative estimate of drug-likeness (QED) is 0.819. The number of hydrogen-bond donors (Lipinski definition) is 1. The molecule has 9 heteroatoms. The van der Waals surface area contributed by atoms with Crippen molar-refractivity contribution < 1.29 is 19.0 Å². The predicted octanol–water partition coefficient (Wildman–Crippen LogP) is 1.37. The molecule has 1 aromatic carbocycles. The van der Waals surface area contributed by atoms with E-state index in [4.69, 9.17) is 24.9 Å². The summed E-state index contributed by atoms with van der Waals surface area (Å²) in [4.78, 5) is 25.8. The Balaban J connectivity index is 1.57. The summed E-state index contributed by atoms with van der Waals surface area (Å²) in [5.74, 6) is 2.29. The zero-order chi connectivity index (χ0) is 20.5.